The minimum Gasteiger partial charge on any atom is -0.481 e. The Morgan fingerprint density at radius 3 is 2.76 bits per heavy atom. The first-order valence-electron chi connectivity index (χ1n) is 12.5. The van der Waals surface area contributed by atoms with Crippen LogP contribution in [0.15, 0.2) is 52.8 Å². The number of amides is 1. The van der Waals surface area contributed by atoms with Gasteiger partial charge in [-0.3, -0.25) is 9.48 Å². The highest BCUT2D eigenvalue weighted by atomic mass is 32.1. The Balaban J connectivity index is 1.42. The van der Waals surface area contributed by atoms with Crippen molar-refractivity contribution in [1.82, 2.24) is 35.0 Å². The van der Waals surface area contributed by atoms with Gasteiger partial charge in [-0.2, -0.15) is 10.2 Å². The molecule has 0 radical (unpaired) electrons. The number of nitrogens with one attached hydrogen (secondary N) is 1. The molecule has 41 heavy (non-hydrogen) atoms. The average Bonchev–Trinajstić information content (AvgIpc) is 3.76. The number of carbonyl (C=O) groups is 1. The molecule has 0 saturated carbocycles. The molecule has 0 bridgehead atoms. The van der Waals surface area contributed by atoms with E-state index in [1.165, 1.54) is 23.5 Å². The maximum absolute atomic E-state index is 14.2. The molecule has 4 heterocycles. The van der Waals surface area contributed by atoms with Crippen molar-refractivity contribution < 1.29 is 27.6 Å². The number of benzene rings is 1. The number of rotatable bonds is 11. The third kappa shape index (κ3) is 5.60. The molecule has 11 nitrogen and oxygen atoms in total. The van der Waals surface area contributed by atoms with E-state index in [4.69, 9.17) is 19.0 Å². The highest BCUT2D eigenvalue weighted by Crippen LogP contribution is 2.40. The van der Waals surface area contributed by atoms with Gasteiger partial charge < -0.3 is 19.3 Å². The van der Waals surface area contributed by atoms with Gasteiger partial charge >= 0.3 is 0 Å². The Labute approximate surface area is 237 Å². The van der Waals surface area contributed by atoms with Crippen molar-refractivity contribution in [3.63, 3.8) is 0 Å². The van der Waals surface area contributed by atoms with Crippen molar-refractivity contribution in [3.05, 3.63) is 76.2 Å². The topological polar surface area (TPSA) is 122 Å². The van der Waals surface area contributed by atoms with Crippen LogP contribution in [0.5, 0.6) is 5.88 Å². The lowest BCUT2D eigenvalue weighted by Crippen LogP contribution is -2.39. The number of hydrogen-bond donors (Lipinski definition) is 1. The molecule has 14 heteroatoms. The Kier molecular flexibility index (Phi) is 7.94. The number of aromatic nitrogens is 6. The third-order valence-corrected chi connectivity index (χ3v) is 7.75. The average molecular weight is 584 g/mol. The van der Waals surface area contributed by atoms with Crippen LogP contribution in [-0.4, -0.2) is 63.0 Å². The lowest BCUT2D eigenvalue weighted by atomic mass is 9.84. The summed E-state index contributed by atoms with van der Waals surface area (Å²) >= 11 is 1.43. The summed E-state index contributed by atoms with van der Waals surface area (Å²) in [5, 5.41) is 18.0. The second-order valence-electron chi connectivity index (χ2n) is 9.43. The second-order valence-corrected chi connectivity index (χ2v) is 10.3. The molecule has 0 fully saturated rings. The van der Waals surface area contributed by atoms with E-state index < -0.39 is 23.0 Å². The van der Waals surface area contributed by atoms with E-state index in [0.717, 1.165) is 23.4 Å². The van der Waals surface area contributed by atoms with E-state index in [1.54, 1.807) is 43.0 Å². The molecule has 0 aliphatic rings. The van der Waals surface area contributed by atoms with Crippen molar-refractivity contribution in [1.29, 1.82) is 0 Å². The van der Waals surface area contributed by atoms with Gasteiger partial charge in [0.1, 0.15) is 22.3 Å². The summed E-state index contributed by atoms with van der Waals surface area (Å²) in [6, 6.07) is 4.38. The molecule has 5 aromatic rings. The summed E-state index contributed by atoms with van der Waals surface area (Å²) in [5.41, 5.74) is 1.51. The zero-order chi connectivity index (χ0) is 29.1. The number of nitrogens with zero attached hydrogens (tertiary/aromatic N) is 6. The normalized spacial score (nSPS) is 12.8. The number of aryl methyl sites for hydroxylation is 1. The number of carbonyl (C=O) groups excluding carboxylic acids is 1. The van der Waals surface area contributed by atoms with Crippen molar-refractivity contribution in [2.24, 2.45) is 7.05 Å². The van der Waals surface area contributed by atoms with Crippen LogP contribution in [0.2, 0.25) is 0 Å². The Bertz CT molecular complexity index is 1680. The highest BCUT2D eigenvalue weighted by Gasteiger charge is 2.38. The molecule has 5 rings (SSSR count). The lowest BCUT2D eigenvalue weighted by Gasteiger charge is -2.27. The Morgan fingerprint density at radius 2 is 2.00 bits per heavy atom. The number of hydrogen-bond acceptors (Lipinski definition) is 9. The van der Waals surface area contributed by atoms with Crippen LogP contribution >= 0.6 is 11.3 Å². The molecule has 1 N–H and O–H groups in total. The predicted molar refractivity (Wildman–Crippen MR) is 146 cm³/mol. The lowest BCUT2D eigenvalue weighted by molar-refractivity contribution is 0.0910. The minimum atomic E-state index is -0.865. The highest BCUT2D eigenvalue weighted by molar-refractivity contribution is 7.10. The van der Waals surface area contributed by atoms with Gasteiger partial charge in [-0.05, 0) is 19.1 Å². The van der Waals surface area contributed by atoms with Crippen molar-refractivity contribution >= 4 is 17.2 Å². The van der Waals surface area contributed by atoms with Gasteiger partial charge in [0.15, 0.2) is 0 Å². The summed E-state index contributed by atoms with van der Waals surface area (Å²) in [7, 11) is 4.94. The van der Waals surface area contributed by atoms with Gasteiger partial charge in [-0.1, -0.05) is 5.16 Å². The van der Waals surface area contributed by atoms with Crippen LogP contribution in [0, 0.1) is 11.6 Å². The molecular weight excluding hydrogens is 556 g/mol. The third-order valence-electron chi connectivity index (χ3n) is 6.65. The van der Waals surface area contributed by atoms with E-state index in [9.17, 15) is 13.6 Å². The quantitative estimate of drug-likeness (QED) is 0.247. The second kappa shape index (κ2) is 11.6. The van der Waals surface area contributed by atoms with E-state index in [-0.39, 0.29) is 23.6 Å². The fourth-order valence-electron chi connectivity index (χ4n) is 4.35. The standard InChI is InChI=1S/C27H27F2N7O4S/c1-27(19-12-31-35(2)25(19)39-4,26-33-22(14-41-26)16-11-32-36(13-16)7-8-38-3)15-30-24(37)23-10-21(34-40-23)18-6-5-17(28)9-20(18)29/h5-6,9-14H,7-8,15H2,1-4H3,(H,30,37). The van der Waals surface area contributed by atoms with Crippen LogP contribution in [0.3, 0.4) is 0 Å². The molecule has 1 unspecified atom stereocenters. The zero-order valence-electron chi connectivity index (χ0n) is 22.7. The molecule has 1 amide bonds. The number of halogens is 2. The Hall–Kier alpha value is -4.43. The first-order valence-corrected chi connectivity index (χ1v) is 13.4. The van der Waals surface area contributed by atoms with Crippen LogP contribution in [0.4, 0.5) is 8.78 Å². The largest absolute Gasteiger partial charge is 0.481 e. The molecule has 0 spiro atoms. The summed E-state index contributed by atoms with van der Waals surface area (Å²) < 4.78 is 46.9. The van der Waals surface area contributed by atoms with E-state index in [2.05, 4.69) is 20.7 Å². The van der Waals surface area contributed by atoms with Crippen molar-refractivity contribution in [2.75, 3.05) is 27.4 Å². The molecule has 0 saturated heterocycles. The van der Waals surface area contributed by atoms with E-state index in [1.807, 2.05) is 18.5 Å². The van der Waals surface area contributed by atoms with Gasteiger partial charge in [0.25, 0.3) is 5.91 Å². The first kappa shape index (κ1) is 28.1. The maximum atomic E-state index is 14.2. The van der Waals surface area contributed by atoms with Crippen LogP contribution in [0.25, 0.3) is 22.5 Å². The van der Waals surface area contributed by atoms with E-state index in [0.29, 0.717) is 29.6 Å². The van der Waals surface area contributed by atoms with Crippen LogP contribution in [-0.2, 0) is 23.7 Å². The SMILES string of the molecule is COCCn1cc(-c2csc(C(C)(CNC(=O)c3cc(-c4ccc(F)cc4F)no3)c3cnn(C)c3OC)n2)cn1. The fraction of sp³-hybridized carbons (Fsp3) is 0.296. The summed E-state index contributed by atoms with van der Waals surface area (Å²) in [6.45, 7) is 3.17. The molecular formula is C27H27F2N7O4S. The molecule has 0 aliphatic heterocycles. The van der Waals surface area contributed by atoms with Crippen molar-refractivity contribution in [2.45, 2.75) is 18.9 Å². The summed E-state index contributed by atoms with van der Waals surface area (Å²) in [4.78, 5) is 18.0. The van der Waals surface area contributed by atoms with Crippen molar-refractivity contribution in [3.8, 4) is 28.4 Å². The number of methoxy groups -OCH3 is 2. The first-order chi connectivity index (χ1) is 19.7. The maximum Gasteiger partial charge on any atom is 0.289 e. The summed E-state index contributed by atoms with van der Waals surface area (Å²) in [5.74, 6) is -1.72. The number of ether oxygens (including phenoxy) is 2. The monoisotopic (exact) mass is 583 g/mol. The summed E-state index contributed by atoms with van der Waals surface area (Å²) in [6.07, 6.45) is 5.31. The Morgan fingerprint density at radius 1 is 1.17 bits per heavy atom. The van der Waals surface area contributed by atoms with Gasteiger partial charge in [-0.15, -0.1) is 11.3 Å². The molecule has 214 valence electrons. The smallest absolute Gasteiger partial charge is 0.289 e. The van der Waals surface area contributed by atoms with E-state index >= 15 is 0 Å². The van der Waals surface area contributed by atoms with Gasteiger partial charge in [-0.25, -0.2) is 18.4 Å². The predicted octanol–water partition coefficient (Wildman–Crippen LogP) is 4.06. The van der Waals surface area contributed by atoms with Crippen LogP contribution < -0.4 is 10.1 Å². The zero-order valence-corrected chi connectivity index (χ0v) is 23.5. The minimum absolute atomic E-state index is 0.0139. The fourth-order valence-corrected chi connectivity index (χ4v) is 5.35. The van der Waals surface area contributed by atoms with Crippen LogP contribution in [0.1, 0.15) is 28.0 Å². The van der Waals surface area contributed by atoms with Gasteiger partial charge in [0, 0.05) is 61.1 Å². The number of thiazole rings is 1. The van der Waals surface area contributed by atoms with Gasteiger partial charge in [0.2, 0.25) is 11.6 Å². The van der Waals surface area contributed by atoms with Gasteiger partial charge in [0.05, 0.1) is 43.8 Å². The molecule has 4 aromatic heterocycles. The molecule has 0 aliphatic carbocycles. The molecule has 1 atom stereocenters. The molecule has 1 aromatic carbocycles.